The Balaban J connectivity index is 2.60. The van der Waals surface area contributed by atoms with Gasteiger partial charge < -0.3 is 9.47 Å². The van der Waals surface area contributed by atoms with Crippen LogP contribution in [0.3, 0.4) is 0 Å². The highest BCUT2D eigenvalue weighted by Gasteiger charge is 2.05. The van der Waals surface area contributed by atoms with Crippen LogP contribution in [0, 0.1) is 0 Å². The molecule has 1 aromatic carbocycles. The maximum Gasteiger partial charge on any atom is 0.161 e. The van der Waals surface area contributed by atoms with Gasteiger partial charge >= 0.3 is 0 Å². The van der Waals surface area contributed by atoms with Crippen molar-refractivity contribution in [2.24, 2.45) is 0 Å². The van der Waals surface area contributed by atoms with E-state index in [1.807, 2.05) is 18.2 Å². The summed E-state index contributed by atoms with van der Waals surface area (Å²) in [5, 5.41) is 0. The van der Waals surface area contributed by atoms with Gasteiger partial charge in [0, 0.05) is 5.88 Å². The predicted octanol–water partition coefficient (Wildman–Crippen LogP) is 4.00. The van der Waals surface area contributed by atoms with Gasteiger partial charge in [0.1, 0.15) is 0 Å². The molecule has 0 radical (unpaired) electrons. The molecule has 0 heterocycles. The molecule has 0 N–H and O–H groups in total. The van der Waals surface area contributed by atoms with Gasteiger partial charge in [-0.05, 0) is 24.1 Å². The molecule has 1 rings (SSSR count). The number of hydrogen-bond donors (Lipinski definition) is 0. The van der Waals surface area contributed by atoms with Gasteiger partial charge in [-0.1, -0.05) is 25.8 Å². The summed E-state index contributed by atoms with van der Waals surface area (Å²) >= 11 is 5.78. The first-order valence-electron chi connectivity index (χ1n) is 5.67. The van der Waals surface area contributed by atoms with Crippen molar-refractivity contribution in [1.82, 2.24) is 0 Å². The van der Waals surface area contributed by atoms with Crippen LogP contribution in [0.15, 0.2) is 18.2 Å². The quantitative estimate of drug-likeness (QED) is 0.532. The van der Waals surface area contributed by atoms with Crippen LogP contribution >= 0.6 is 11.6 Å². The molecule has 0 aliphatic carbocycles. The van der Waals surface area contributed by atoms with E-state index >= 15 is 0 Å². The minimum absolute atomic E-state index is 0.495. The van der Waals surface area contributed by atoms with E-state index in [-0.39, 0.29) is 0 Å². The van der Waals surface area contributed by atoms with Crippen molar-refractivity contribution in [2.75, 3.05) is 13.7 Å². The van der Waals surface area contributed by atoms with Crippen LogP contribution in [0.2, 0.25) is 0 Å². The second-order valence-corrected chi connectivity index (χ2v) is 3.94. The van der Waals surface area contributed by atoms with E-state index in [9.17, 15) is 0 Å². The number of unbranched alkanes of at least 4 members (excludes halogenated alkanes) is 2. The second kappa shape index (κ2) is 7.39. The standard InChI is InChI=1S/C13H19ClO2/c1-3-4-5-8-16-13-9-11(10-14)6-7-12(13)15-2/h6-7,9H,3-5,8,10H2,1-2H3. The lowest BCUT2D eigenvalue weighted by Gasteiger charge is -2.11. The molecule has 0 unspecified atom stereocenters. The van der Waals surface area contributed by atoms with Gasteiger partial charge in [0.05, 0.1) is 13.7 Å². The number of hydrogen-bond acceptors (Lipinski definition) is 2. The molecule has 0 bridgehead atoms. The van der Waals surface area contributed by atoms with Crippen LogP contribution < -0.4 is 9.47 Å². The fourth-order valence-electron chi connectivity index (χ4n) is 1.45. The average Bonchev–Trinajstić information content (AvgIpc) is 2.34. The van der Waals surface area contributed by atoms with Crippen molar-refractivity contribution in [3.8, 4) is 11.5 Å². The van der Waals surface area contributed by atoms with Gasteiger partial charge in [-0.15, -0.1) is 11.6 Å². The topological polar surface area (TPSA) is 18.5 Å². The number of benzene rings is 1. The Morgan fingerprint density at radius 3 is 2.62 bits per heavy atom. The molecule has 3 heteroatoms. The smallest absolute Gasteiger partial charge is 0.161 e. The minimum atomic E-state index is 0.495. The van der Waals surface area contributed by atoms with Crippen LogP contribution in [0.4, 0.5) is 0 Å². The zero-order valence-electron chi connectivity index (χ0n) is 9.96. The summed E-state index contributed by atoms with van der Waals surface area (Å²) in [6.45, 7) is 2.91. The third kappa shape index (κ3) is 3.93. The molecule has 0 aromatic heterocycles. The van der Waals surface area contributed by atoms with Gasteiger partial charge in [-0.2, -0.15) is 0 Å². The lowest BCUT2D eigenvalue weighted by atomic mass is 10.2. The zero-order chi connectivity index (χ0) is 11.8. The van der Waals surface area contributed by atoms with Gasteiger partial charge in [0.25, 0.3) is 0 Å². The lowest BCUT2D eigenvalue weighted by Crippen LogP contribution is -1.99. The molecule has 0 aliphatic rings. The number of rotatable bonds is 7. The summed E-state index contributed by atoms with van der Waals surface area (Å²) in [6, 6.07) is 5.79. The van der Waals surface area contributed by atoms with Crippen LogP contribution in [0.1, 0.15) is 31.7 Å². The zero-order valence-corrected chi connectivity index (χ0v) is 10.7. The maximum atomic E-state index is 5.78. The number of alkyl halides is 1. The second-order valence-electron chi connectivity index (χ2n) is 3.67. The van der Waals surface area contributed by atoms with E-state index in [4.69, 9.17) is 21.1 Å². The molecule has 0 saturated carbocycles. The Bertz CT molecular complexity index is 313. The summed E-state index contributed by atoms with van der Waals surface area (Å²) in [5.41, 5.74) is 1.05. The Kier molecular flexibility index (Phi) is 6.09. The Morgan fingerprint density at radius 2 is 2.00 bits per heavy atom. The van der Waals surface area contributed by atoms with E-state index in [0.717, 1.165) is 30.1 Å². The van der Waals surface area contributed by atoms with Crippen molar-refractivity contribution in [3.63, 3.8) is 0 Å². The van der Waals surface area contributed by atoms with E-state index in [0.29, 0.717) is 5.88 Å². The van der Waals surface area contributed by atoms with Crippen molar-refractivity contribution >= 4 is 11.6 Å². The van der Waals surface area contributed by atoms with Gasteiger partial charge in [0.15, 0.2) is 11.5 Å². The normalized spacial score (nSPS) is 10.2. The third-order valence-corrected chi connectivity index (χ3v) is 2.70. The molecule has 1 aromatic rings. The van der Waals surface area contributed by atoms with E-state index in [2.05, 4.69) is 6.92 Å². The lowest BCUT2D eigenvalue weighted by molar-refractivity contribution is 0.286. The summed E-state index contributed by atoms with van der Waals surface area (Å²) in [4.78, 5) is 0. The molecule has 0 saturated heterocycles. The number of methoxy groups -OCH3 is 1. The van der Waals surface area contributed by atoms with E-state index in [1.54, 1.807) is 7.11 Å². The van der Waals surface area contributed by atoms with Crippen molar-refractivity contribution in [1.29, 1.82) is 0 Å². The molecule has 90 valence electrons. The Hall–Kier alpha value is -0.890. The van der Waals surface area contributed by atoms with Gasteiger partial charge in [0.2, 0.25) is 0 Å². The Morgan fingerprint density at radius 1 is 1.19 bits per heavy atom. The van der Waals surface area contributed by atoms with E-state index < -0.39 is 0 Å². The van der Waals surface area contributed by atoms with Crippen LogP contribution in [-0.2, 0) is 5.88 Å². The van der Waals surface area contributed by atoms with Gasteiger partial charge in [-0.3, -0.25) is 0 Å². The predicted molar refractivity (Wildman–Crippen MR) is 67.6 cm³/mol. The molecular weight excluding hydrogens is 224 g/mol. The molecule has 0 amide bonds. The fraction of sp³-hybridized carbons (Fsp3) is 0.538. The molecular formula is C13H19ClO2. The number of halogens is 1. The summed E-state index contributed by atoms with van der Waals surface area (Å²) in [7, 11) is 1.65. The highest BCUT2D eigenvalue weighted by molar-refractivity contribution is 6.17. The average molecular weight is 243 g/mol. The fourth-order valence-corrected chi connectivity index (χ4v) is 1.62. The molecule has 0 fully saturated rings. The summed E-state index contributed by atoms with van der Waals surface area (Å²) in [6.07, 6.45) is 3.46. The molecule has 16 heavy (non-hydrogen) atoms. The SMILES string of the molecule is CCCCCOc1cc(CCl)ccc1OC. The van der Waals surface area contributed by atoms with Crippen LogP contribution in [0.5, 0.6) is 11.5 Å². The summed E-state index contributed by atoms with van der Waals surface area (Å²) in [5.74, 6) is 2.05. The molecule has 2 nitrogen and oxygen atoms in total. The van der Waals surface area contributed by atoms with Crippen molar-refractivity contribution in [3.05, 3.63) is 23.8 Å². The first-order chi connectivity index (χ1) is 7.81. The molecule has 0 atom stereocenters. The van der Waals surface area contributed by atoms with Crippen molar-refractivity contribution < 1.29 is 9.47 Å². The molecule has 0 aliphatic heterocycles. The summed E-state index contributed by atoms with van der Waals surface area (Å²) < 4.78 is 10.9. The monoisotopic (exact) mass is 242 g/mol. The van der Waals surface area contributed by atoms with Crippen LogP contribution in [-0.4, -0.2) is 13.7 Å². The minimum Gasteiger partial charge on any atom is -0.493 e. The van der Waals surface area contributed by atoms with Crippen molar-refractivity contribution in [2.45, 2.75) is 32.1 Å². The molecule has 0 spiro atoms. The number of ether oxygens (including phenoxy) is 2. The largest absolute Gasteiger partial charge is 0.493 e. The van der Waals surface area contributed by atoms with Gasteiger partial charge in [-0.25, -0.2) is 0 Å². The third-order valence-electron chi connectivity index (χ3n) is 2.39. The maximum absolute atomic E-state index is 5.78. The highest BCUT2D eigenvalue weighted by Crippen LogP contribution is 2.28. The highest BCUT2D eigenvalue weighted by atomic mass is 35.5. The first kappa shape index (κ1) is 13.2. The van der Waals surface area contributed by atoms with E-state index in [1.165, 1.54) is 12.8 Å². The Labute approximate surface area is 103 Å². The first-order valence-corrected chi connectivity index (χ1v) is 6.21. The van der Waals surface area contributed by atoms with Crippen LogP contribution in [0.25, 0.3) is 0 Å².